The van der Waals surface area contributed by atoms with Crippen LogP contribution < -0.4 is 5.73 Å². The van der Waals surface area contributed by atoms with E-state index >= 15 is 0 Å². The van der Waals surface area contributed by atoms with E-state index in [1.807, 2.05) is 18.2 Å². The Hall–Kier alpha value is -1.85. The zero-order chi connectivity index (χ0) is 18.4. The van der Waals surface area contributed by atoms with E-state index in [1.165, 1.54) is 0 Å². The number of halogens is 1. The maximum Gasteiger partial charge on any atom is 0.222 e. The van der Waals surface area contributed by atoms with E-state index in [-0.39, 0.29) is 11.9 Å². The van der Waals surface area contributed by atoms with Crippen molar-refractivity contribution in [1.29, 1.82) is 0 Å². The first-order chi connectivity index (χ1) is 11.9. The Bertz CT molecular complexity index is 699. The third-order valence-corrected chi connectivity index (χ3v) is 4.66. The minimum absolute atomic E-state index is 0.0634. The van der Waals surface area contributed by atoms with E-state index in [9.17, 15) is 4.79 Å². The van der Waals surface area contributed by atoms with E-state index in [2.05, 4.69) is 18.8 Å². The lowest BCUT2D eigenvalue weighted by atomic mass is 10.0. The van der Waals surface area contributed by atoms with Gasteiger partial charge in [-0.2, -0.15) is 0 Å². The van der Waals surface area contributed by atoms with Gasteiger partial charge in [0.1, 0.15) is 0 Å². The Morgan fingerprint density at radius 2 is 2.08 bits per heavy atom. The van der Waals surface area contributed by atoms with Crippen molar-refractivity contribution in [2.24, 2.45) is 11.7 Å². The van der Waals surface area contributed by atoms with Crippen LogP contribution in [0.4, 0.5) is 0 Å². The number of carbonyl (C=O) groups excluding carboxylic acids is 1. The summed E-state index contributed by atoms with van der Waals surface area (Å²) in [6.07, 6.45) is 3.27. The molecule has 5 nitrogen and oxygen atoms in total. The molecule has 1 heterocycles. The molecule has 1 aromatic heterocycles. The lowest BCUT2D eigenvalue weighted by Crippen LogP contribution is -2.34. The molecule has 0 aliphatic heterocycles. The number of hydrogen-bond donors (Lipinski definition) is 1. The largest absolute Gasteiger partial charge is 0.441 e. The Morgan fingerprint density at radius 3 is 2.76 bits per heavy atom. The molecule has 136 valence electrons. The van der Waals surface area contributed by atoms with Gasteiger partial charge in [0.25, 0.3) is 0 Å². The van der Waals surface area contributed by atoms with Crippen molar-refractivity contribution in [1.82, 2.24) is 9.88 Å². The maximum absolute atomic E-state index is 12.2. The van der Waals surface area contributed by atoms with Gasteiger partial charge in [0.15, 0.2) is 11.7 Å². The molecule has 1 unspecified atom stereocenters. The number of oxazole rings is 1. The monoisotopic (exact) mass is 363 g/mol. The first-order valence-corrected chi connectivity index (χ1v) is 8.95. The number of benzene rings is 1. The number of carbonyl (C=O) groups is 1. The smallest absolute Gasteiger partial charge is 0.222 e. The van der Waals surface area contributed by atoms with Crippen LogP contribution in [0.15, 0.2) is 34.9 Å². The molecular weight excluding hydrogens is 338 g/mol. The fourth-order valence-corrected chi connectivity index (χ4v) is 2.65. The predicted octanol–water partition coefficient (Wildman–Crippen LogP) is 3.76. The zero-order valence-corrected chi connectivity index (χ0v) is 15.8. The van der Waals surface area contributed by atoms with Gasteiger partial charge in [0.2, 0.25) is 5.91 Å². The highest BCUT2D eigenvalue weighted by Gasteiger charge is 2.15. The summed E-state index contributed by atoms with van der Waals surface area (Å²) >= 11 is 6.16. The number of rotatable bonds is 8. The molecular formula is C19H26ClN3O2. The van der Waals surface area contributed by atoms with Crippen molar-refractivity contribution in [2.45, 2.75) is 39.2 Å². The maximum atomic E-state index is 12.2. The van der Waals surface area contributed by atoms with E-state index in [1.54, 1.807) is 24.2 Å². The molecule has 6 heteroatoms. The summed E-state index contributed by atoms with van der Waals surface area (Å²) in [4.78, 5) is 18.2. The van der Waals surface area contributed by atoms with E-state index < -0.39 is 0 Å². The number of aromatic nitrogens is 1. The molecule has 2 N–H and O–H groups in total. The van der Waals surface area contributed by atoms with Gasteiger partial charge in [-0.1, -0.05) is 37.6 Å². The fourth-order valence-electron chi connectivity index (χ4n) is 2.42. The molecule has 2 rings (SSSR count). The predicted molar refractivity (Wildman–Crippen MR) is 100 cm³/mol. The molecule has 0 spiro atoms. The van der Waals surface area contributed by atoms with E-state index in [0.29, 0.717) is 42.0 Å². The van der Waals surface area contributed by atoms with Gasteiger partial charge in [-0.3, -0.25) is 4.79 Å². The lowest BCUT2D eigenvalue weighted by molar-refractivity contribution is -0.130. The molecule has 1 aromatic carbocycles. The normalized spacial score (nSPS) is 12.4. The Labute approximate surface area is 154 Å². The van der Waals surface area contributed by atoms with Crippen LogP contribution in [0.25, 0.3) is 11.3 Å². The molecule has 0 saturated heterocycles. The lowest BCUT2D eigenvalue weighted by Gasteiger charge is -2.21. The van der Waals surface area contributed by atoms with Gasteiger partial charge in [-0.25, -0.2) is 4.98 Å². The number of aryl methyl sites for hydroxylation is 1. The second kappa shape index (κ2) is 9.02. The van der Waals surface area contributed by atoms with Crippen LogP contribution in [-0.4, -0.2) is 35.4 Å². The summed E-state index contributed by atoms with van der Waals surface area (Å²) in [7, 11) is 1.81. The molecule has 2 aromatic rings. The summed E-state index contributed by atoms with van der Waals surface area (Å²) in [6, 6.07) is 7.55. The zero-order valence-electron chi connectivity index (χ0n) is 15.0. The standard InChI is InChI=1S/C19H26ClN3O2/c1-13(2)16(21)10-11-23(3)19(24)9-8-18-22-12-17(25-18)14-6-4-5-7-15(14)20/h4-7,12-13,16H,8-11,21H2,1-3H3. The van der Waals surface area contributed by atoms with E-state index in [0.717, 1.165) is 12.0 Å². The highest BCUT2D eigenvalue weighted by atomic mass is 35.5. The topological polar surface area (TPSA) is 72.4 Å². The minimum Gasteiger partial charge on any atom is -0.441 e. The molecule has 0 saturated carbocycles. The summed E-state index contributed by atoms with van der Waals surface area (Å²) in [6.45, 7) is 4.84. The Kier molecular flexibility index (Phi) is 7.02. The Balaban J connectivity index is 1.85. The van der Waals surface area contributed by atoms with Gasteiger partial charge >= 0.3 is 0 Å². The molecule has 1 amide bonds. The van der Waals surface area contributed by atoms with Crippen LogP contribution >= 0.6 is 11.6 Å². The average Bonchev–Trinajstić information content (AvgIpc) is 3.06. The van der Waals surface area contributed by atoms with Crippen LogP contribution in [0.5, 0.6) is 0 Å². The van der Waals surface area contributed by atoms with Crippen LogP contribution in [0.1, 0.15) is 32.6 Å². The van der Waals surface area contributed by atoms with Crippen LogP contribution in [-0.2, 0) is 11.2 Å². The van der Waals surface area contributed by atoms with Crippen LogP contribution in [0.2, 0.25) is 5.02 Å². The SMILES string of the molecule is CC(C)C(N)CCN(C)C(=O)CCc1ncc(-c2ccccc2Cl)o1. The molecule has 0 aliphatic carbocycles. The number of amides is 1. The molecule has 1 atom stereocenters. The van der Waals surface area contributed by atoms with E-state index in [4.69, 9.17) is 21.8 Å². The molecule has 25 heavy (non-hydrogen) atoms. The van der Waals surface area contributed by atoms with Crippen molar-refractivity contribution < 1.29 is 9.21 Å². The van der Waals surface area contributed by atoms with Gasteiger partial charge in [-0.15, -0.1) is 0 Å². The summed E-state index contributed by atoms with van der Waals surface area (Å²) < 4.78 is 5.72. The first-order valence-electron chi connectivity index (χ1n) is 8.57. The van der Waals surface area contributed by atoms with Crippen molar-refractivity contribution in [3.63, 3.8) is 0 Å². The number of nitrogens with two attached hydrogens (primary N) is 1. The molecule has 0 bridgehead atoms. The van der Waals surface area contributed by atoms with Gasteiger partial charge in [0, 0.05) is 38.0 Å². The molecule has 0 radical (unpaired) electrons. The number of nitrogens with zero attached hydrogens (tertiary/aromatic N) is 2. The fraction of sp³-hybridized carbons (Fsp3) is 0.474. The summed E-state index contributed by atoms with van der Waals surface area (Å²) in [5.74, 6) is 1.63. The summed E-state index contributed by atoms with van der Waals surface area (Å²) in [5, 5.41) is 0.613. The van der Waals surface area contributed by atoms with Crippen molar-refractivity contribution >= 4 is 17.5 Å². The van der Waals surface area contributed by atoms with Gasteiger partial charge in [0.05, 0.1) is 11.2 Å². The van der Waals surface area contributed by atoms with Gasteiger partial charge in [-0.05, 0) is 24.5 Å². The third-order valence-electron chi connectivity index (χ3n) is 4.33. The van der Waals surface area contributed by atoms with Crippen molar-refractivity contribution in [3.8, 4) is 11.3 Å². The van der Waals surface area contributed by atoms with Crippen LogP contribution in [0, 0.1) is 5.92 Å². The number of hydrogen-bond acceptors (Lipinski definition) is 4. The highest BCUT2D eigenvalue weighted by Crippen LogP contribution is 2.28. The second-order valence-electron chi connectivity index (χ2n) is 6.61. The average molecular weight is 364 g/mol. The minimum atomic E-state index is 0.0634. The van der Waals surface area contributed by atoms with Crippen LogP contribution in [0.3, 0.4) is 0 Å². The first kappa shape index (κ1) is 19.5. The van der Waals surface area contributed by atoms with Crippen molar-refractivity contribution in [2.75, 3.05) is 13.6 Å². The molecule has 0 fully saturated rings. The Morgan fingerprint density at radius 1 is 1.36 bits per heavy atom. The summed E-state index contributed by atoms with van der Waals surface area (Å²) in [5.41, 5.74) is 6.83. The quantitative estimate of drug-likeness (QED) is 0.775. The third kappa shape index (κ3) is 5.58. The van der Waals surface area contributed by atoms with Crippen molar-refractivity contribution in [3.05, 3.63) is 41.4 Å². The highest BCUT2D eigenvalue weighted by molar-refractivity contribution is 6.33. The van der Waals surface area contributed by atoms with Gasteiger partial charge < -0.3 is 15.1 Å². The molecule has 0 aliphatic rings. The second-order valence-corrected chi connectivity index (χ2v) is 7.02.